The van der Waals surface area contributed by atoms with Crippen molar-refractivity contribution in [2.24, 2.45) is 0 Å². The summed E-state index contributed by atoms with van der Waals surface area (Å²) in [6.45, 7) is 1.82. The van der Waals surface area contributed by atoms with E-state index in [1.165, 1.54) is 0 Å². The van der Waals surface area contributed by atoms with Crippen molar-refractivity contribution >= 4 is 11.7 Å². The maximum atomic E-state index is 12.2. The van der Waals surface area contributed by atoms with Crippen LogP contribution in [-0.4, -0.2) is 34.2 Å². The second-order valence-electron chi connectivity index (χ2n) is 5.40. The number of nitrogen functional groups attached to an aromatic ring is 1. The maximum Gasteiger partial charge on any atom is 0.223 e. The number of nitrogens with one attached hydrogen (secondary N) is 1. The van der Waals surface area contributed by atoms with Gasteiger partial charge in [0.25, 0.3) is 0 Å². The number of nitrogens with two attached hydrogens (primary N) is 1. The number of nitrogens with zero attached hydrogens (tertiary/aromatic N) is 2. The highest BCUT2D eigenvalue weighted by atomic mass is 16.5. The number of amides is 1. The van der Waals surface area contributed by atoms with Gasteiger partial charge in [-0.25, -0.2) is 0 Å². The Morgan fingerprint density at radius 3 is 3.00 bits per heavy atom. The lowest BCUT2D eigenvalue weighted by molar-refractivity contribution is -0.132. The van der Waals surface area contributed by atoms with Crippen LogP contribution in [0.1, 0.15) is 24.1 Å². The van der Waals surface area contributed by atoms with E-state index in [9.17, 15) is 4.79 Å². The molecule has 3 N–H and O–H groups in total. The van der Waals surface area contributed by atoms with Gasteiger partial charge in [-0.2, -0.15) is 5.10 Å². The Labute approximate surface area is 129 Å². The van der Waals surface area contributed by atoms with Crippen molar-refractivity contribution in [1.82, 2.24) is 15.1 Å². The number of hydrogen-bond acceptors (Lipinski definition) is 4. The smallest absolute Gasteiger partial charge is 0.223 e. The molecule has 1 aliphatic rings. The third-order valence-electron chi connectivity index (χ3n) is 3.87. The normalized spacial score (nSPS) is 13.7. The molecule has 22 heavy (non-hydrogen) atoms. The molecule has 0 unspecified atom stereocenters. The van der Waals surface area contributed by atoms with Crippen LogP contribution in [0.4, 0.5) is 5.82 Å². The molecule has 0 fully saturated rings. The van der Waals surface area contributed by atoms with Crippen LogP contribution in [0.25, 0.3) is 0 Å². The summed E-state index contributed by atoms with van der Waals surface area (Å²) in [7, 11) is 0. The lowest BCUT2D eigenvalue weighted by atomic mass is 10.1. The Morgan fingerprint density at radius 2 is 2.18 bits per heavy atom. The van der Waals surface area contributed by atoms with Crippen LogP contribution in [0.3, 0.4) is 0 Å². The van der Waals surface area contributed by atoms with Crippen LogP contribution >= 0.6 is 0 Å². The van der Waals surface area contributed by atoms with Gasteiger partial charge in [0.05, 0.1) is 18.8 Å². The second-order valence-corrected chi connectivity index (χ2v) is 5.40. The zero-order chi connectivity index (χ0) is 15.4. The molecule has 0 saturated carbocycles. The molecule has 1 aliphatic heterocycles. The van der Waals surface area contributed by atoms with Crippen LogP contribution in [0.2, 0.25) is 0 Å². The molecule has 0 saturated heterocycles. The molecule has 1 aromatic carbocycles. The van der Waals surface area contributed by atoms with Crippen molar-refractivity contribution in [2.75, 3.05) is 18.9 Å². The Hall–Kier alpha value is -2.50. The topological polar surface area (TPSA) is 84.2 Å². The van der Waals surface area contributed by atoms with E-state index >= 15 is 0 Å². The number of fused-ring (bicyclic) bond motifs is 1. The van der Waals surface area contributed by atoms with Gasteiger partial charge in [-0.3, -0.25) is 9.89 Å². The molecule has 0 bridgehead atoms. The van der Waals surface area contributed by atoms with Crippen LogP contribution in [-0.2, 0) is 17.8 Å². The molecule has 6 heteroatoms. The molecule has 0 radical (unpaired) electrons. The maximum absolute atomic E-state index is 12.2. The zero-order valence-electron chi connectivity index (χ0n) is 12.4. The highest BCUT2D eigenvalue weighted by Gasteiger charge is 2.23. The van der Waals surface area contributed by atoms with Crippen molar-refractivity contribution in [3.63, 3.8) is 0 Å². The zero-order valence-corrected chi connectivity index (χ0v) is 12.4. The van der Waals surface area contributed by atoms with E-state index in [1.54, 1.807) is 0 Å². The Morgan fingerprint density at radius 1 is 1.36 bits per heavy atom. The summed E-state index contributed by atoms with van der Waals surface area (Å²) in [6.07, 6.45) is 1.97. The van der Waals surface area contributed by atoms with Crippen molar-refractivity contribution in [1.29, 1.82) is 0 Å². The molecule has 0 spiro atoms. The number of anilines is 1. The highest BCUT2D eigenvalue weighted by Crippen LogP contribution is 2.22. The average molecular weight is 300 g/mol. The fourth-order valence-corrected chi connectivity index (χ4v) is 2.64. The Bertz CT molecular complexity index is 639. The van der Waals surface area contributed by atoms with E-state index in [1.807, 2.05) is 35.2 Å². The predicted octanol–water partition coefficient (Wildman–Crippen LogP) is 1.74. The standard InChI is InChI=1S/C16H20N4O2/c17-16-13-8-9-20(11-14(13)18-19-16)15(21)7-4-10-22-12-5-2-1-3-6-12/h1-3,5-6H,4,7-11H2,(H3,17,18,19). The number of carbonyl (C=O) groups is 1. The van der Waals surface area contributed by atoms with Gasteiger partial charge in [0.15, 0.2) is 0 Å². The quantitative estimate of drug-likeness (QED) is 0.824. The average Bonchev–Trinajstić information content (AvgIpc) is 2.93. The number of benzene rings is 1. The van der Waals surface area contributed by atoms with E-state index in [2.05, 4.69) is 10.2 Å². The largest absolute Gasteiger partial charge is 0.494 e. The summed E-state index contributed by atoms with van der Waals surface area (Å²) in [4.78, 5) is 14.1. The molecule has 0 atom stereocenters. The van der Waals surface area contributed by atoms with Crippen molar-refractivity contribution in [3.8, 4) is 5.75 Å². The molecule has 1 aromatic heterocycles. The van der Waals surface area contributed by atoms with Gasteiger partial charge in [0.1, 0.15) is 11.6 Å². The molecular weight excluding hydrogens is 280 g/mol. The first-order valence-electron chi connectivity index (χ1n) is 7.51. The minimum Gasteiger partial charge on any atom is -0.494 e. The first-order valence-corrected chi connectivity index (χ1v) is 7.51. The predicted molar refractivity (Wildman–Crippen MR) is 83.3 cm³/mol. The summed E-state index contributed by atoms with van der Waals surface area (Å²) < 4.78 is 5.60. The number of carbonyl (C=O) groups excluding carboxylic acids is 1. The van der Waals surface area contributed by atoms with E-state index < -0.39 is 0 Å². The van der Waals surface area contributed by atoms with Gasteiger partial charge < -0.3 is 15.4 Å². The summed E-state index contributed by atoms with van der Waals surface area (Å²) in [5.74, 6) is 1.54. The third kappa shape index (κ3) is 3.21. The van der Waals surface area contributed by atoms with E-state index in [0.29, 0.717) is 38.4 Å². The number of rotatable bonds is 5. The van der Waals surface area contributed by atoms with Crippen molar-refractivity contribution in [3.05, 3.63) is 41.6 Å². The summed E-state index contributed by atoms with van der Waals surface area (Å²) >= 11 is 0. The first-order chi connectivity index (χ1) is 10.7. The number of para-hydroxylation sites is 1. The SMILES string of the molecule is Nc1n[nH]c2c1CCN(C(=O)CCCOc1ccccc1)C2. The molecule has 3 rings (SSSR count). The van der Waals surface area contributed by atoms with E-state index in [4.69, 9.17) is 10.5 Å². The van der Waals surface area contributed by atoms with E-state index in [0.717, 1.165) is 23.4 Å². The minimum atomic E-state index is 0.149. The third-order valence-corrected chi connectivity index (χ3v) is 3.87. The Balaban J connectivity index is 1.43. The minimum absolute atomic E-state index is 0.149. The molecule has 0 aliphatic carbocycles. The lowest BCUT2D eigenvalue weighted by Crippen LogP contribution is -2.36. The number of hydrogen-bond donors (Lipinski definition) is 2. The number of H-pyrrole nitrogens is 1. The van der Waals surface area contributed by atoms with Gasteiger partial charge in [-0.05, 0) is 25.0 Å². The fourth-order valence-electron chi connectivity index (χ4n) is 2.64. The first kappa shape index (κ1) is 14.4. The number of aromatic amines is 1. The summed E-state index contributed by atoms with van der Waals surface area (Å²) in [6, 6.07) is 9.64. The fraction of sp³-hybridized carbons (Fsp3) is 0.375. The van der Waals surface area contributed by atoms with Crippen molar-refractivity contribution < 1.29 is 9.53 Å². The molecule has 2 heterocycles. The van der Waals surface area contributed by atoms with Gasteiger partial charge >= 0.3 is 0 Å². The molecule has 2 aromatic rings. The molecule has 1 amide bonds. The Kier molecular flexibility index (Phi) is 4.27. The van der Waals surface area contributed by atoms with Crippen LogP contribution in [0, 0.1) is 0 Å². The monoisotopic (exact) mass is 300 g/mol. The molecule has 116 valence electrons. The summed E-state index contributed by atoms with van der Waals surface area (Å²) in [5, 5.41) is 6.90. The van der Waals surface area contributed by atoms with Crippen molar-refractivity contribution in [2.45, 2.75) is 25.8 Å². The number of aromatic nitrogens is 2. The van der Waals surface area contributed by atoms with Gasteiger partial charge in [0.2, 0.25) is 5.91 Å². The molecule has 6 nitrogen and oxygen atoms in total. The van der Waals surface area contributed by atoms with Gasteiger partial charge in [-0.1, -0.05) is 18.2 Å². The highest BCUT2D eigenvalue weighted by molar-refractivity contribution is 5.76. The number of ether oxygens (including phenoxy) is 1. The second kappa shape index (κ2) is 6.51. The molecular formula is C16H20N4O2. The van der Waals surface area contributed by atoms with Gasteiger partial charge in [-0.15, -0.1) is 0 Å². The van der Waals surface area contributed by atoms with Crippen LogP contribution in [0.5, 0.6) is 5.75 Å². The van der Waals surface area contributed by atoms with Crippen LogP contribution < -0.4 is 10.5 Å². The van der Waals surface area contributed by atoms with Crippen LogP contribution in [0.15, 0.2) is 30.3 Å². The lowest BCUT2D eigenvalue weighted by Gasteiger charge is -2.26. The van der Waals surface area contributed by atoms with E-state index in [-0.39, 0.29) is 5.91 Å². The summed E-state index contributed by atoms with van der Waals surface area (Å²) in [5.41, 5.74) is 7.78. The van der Waals surface area contributed by atoms with Gasteiger partial charge in [0, 0.05) is 18.5 Å².